The van der Waals surface area contributed by atoms with Crippen LogP contribution in [0.25, 0.3) is 0 Å². The molecular weight excluding hydrogens is 176 g/mol. The molecule has 2 rings (SSSR count). The van der Waals surface area contributed by atoms with E-state index in [1.807, 2.05) is 0 Å². The van der Waals surface area contributed by atoms with Crippen molar-refractivity contribution in [2.45, 2.75) is 31.7 Å². The van der Waals surface area contributed by atoms with Gasteiger partial charge in [0.2, 0.25) is 0 Å². The first kappa shape index (κ1) is 10.4. The summed E-state index contributed by atoms with van der Waals surface area (Å²) in [7, 11) is 2.08. The van der Waals surface area contributed by atoms with E-state index in [0.717, 1.165) is 25.7 Å². The van der Waals surface area contributed by atoms with E-state index in [9.17, 15) is 0 Å². The monoisotopic (exact) mass is 198 g/mol. The van der Waals surface area contributed by atoms with Crippen molar-refractivity contribution in [3.63, 3.8) is 0 Å². The summed E-state index contributed by atoms with van der Waals surface area (Å²) >= 11 is 0. The van der Waals surface area contributed by atoms with Crippen molar-refractivity contribution in [1.29, 1.82) is 0 Å². The van der Waals surface area contributed by atoms with Crippen LogP contribution in [0.5, 0.6) is 0 Å². The quantitative estimate of drug-likeness (QED) is 0.700. The highest BCUT2D eigenvalue weighted by Gasteiger charge is 2.50. The molecule has 1 saturated carbocycles. The summed E-state index contributed by atoms with van der Waals surface area (Å²) in [6.07, 6.45) is 5.03. The minimum absolute atomic E-state index is 0.427. The normalized spacial score (nSPS) is 28.7. The molecule has 1 atom stereocenters. The third-order valence-electron chi connectivity index (χ3n) is 4.01. The molecule has 0 spiro atoms. The van der Waals surface area contributed by atoms with Crippen molar-refractivity contribution in [3.8, 4) is 0 Å². The second kappa shape index (κ2) is 4.17. The van der Waals surface area contributed by atoms with E-state index in [1.54, 1.807) is 0 Å². The van der Waals surface area contributed by atoms with Gasteiger partial charge >= 0.3 is 0 Å². The molecule has 3 heteroatoms. The van der Waals surface area contributed by atoms with Gasteiger partial charge in [-0.2, -0.15) is 0 Å². The first-order valence-electron chi connectivity index (χ1n) is 5.77. The van der Waals surface area contributed by atoms with E-state index in [1.165, 1.54) is 25.7 Å². The van der Waals surface area contributed by atoms with Crippen molar-refractivity contribution in [3.05, 3.63) is 0 Å². The van der Waals surface area contributed by atoms with Gasteiger partial charge in [0, 0.05) is 19.3 Å². The topological polar surface area (TPSA) is 47.3 Å². The predicted molar refractivity (Wildman–Crippen MR) is 57.1 cm³/mol. The largest absolute Gasteiger partial charge is 0.381 e. The van der Waals surface area contributed by atoms with E-state index >= 15 is 0 Å². The van der Waals surface area contributed by atoms with Crippen LogP contribution in [0.3, 0.4) is 0 Å². The highest BCUT2D eigenvalue weighted by Crippen LogP contribution is 2.50. The van der Waals surface area contributed by atoms with Crippen LogP contribution in [-0.2, 0) is 4.74 Å². The van der Waals surface area contributed by atoms with Gasteiger partial charge in [0.25, 0.3) is 0 Å². The molecule has 0 aromatic rings. The molecule has 1 heterocycles. The fourth-order valence-electron chi connectivity index (χ4n) is 2.89. The van der Waals surface area contributed by atoms with Crippen molar-refractivity contribution in [1.82, 2.24) is 5.32 Å². The van der Waals surface area contributed by atoms with Crippen molar-refractivity contribution < 1.29 is 4.74 Å². The van der Waals surface area contributed by atoms with E-state index in [-0.39, 0.29) is 0 Å². The Hall–Kier alpha value is -0.120. The number of ether oxygens (including phenoxy) is 1. The maximum atomic E-state index is 5.88. The molecule has 0 aromatic carbocycles. The Kier molecular flexibility index (Phi) is 3.10. The number of nitrogens with two attached hydrogens (primary N) is 1. The molecule has 14 heavy (non-hydrogen) atoms. The molecule has 1 saturated heterocycles. The molecule has 1 aliphatic carbocycles. The fourth-order valence-corrected chi connectivity index (χ4v) is 2.89. The maximum Gasteiger partial charge on any atom is 0.0469 e. The van der Waals surface area contributed by atoms with Gasteiger partial charge in [-0.15, -0.1) is 0 Å². The highest BCUT2D eigenvalue weighted by atomic mass is 16.5. The molecule has 1 aliphatic heterocycles. The van der Waals surface area contributed by atoms with Gasteiger partial charge in [-0.05, 0) is 50.6 Å². The van der Waals surface area contributed by atoms with E-state index in [2.05, 4.69) is 12.4 Å². The summed E-state index contributed by atoms with van der Waals surface area (Å²) in [4.78, 5) is 0. The van der Waals surface area contributed by atoms with Gasteiger partial charge in [0.15, 0.2) is 0 Å². The summed E-state index contributed by atoms with van der Waals surface area (Å²) in [6.45, 7) is 2.71. The first-order valence-corrected chi connectivity index (χ1v) is 5.77. The molecule has 1 unspecified atom stereocenters. The minimum atomic E-state index is 0.427. The van der Waals surface area contributed by atoms with Crippen molar-refractivity contribution in [2.75, 3.05) is 26.8 Å². The molecule has 2 fully saturated rings. The zero-order valence-electron chi connectivity index (χ0n) is 9.09. The fraction of sp³-hybridized carbons (Fsp3) is 1.00. The van der Waals surface area contributed by atoms with Gasteiger partial charge in [0.1, 0.15) is 0 Å². The van der Waals surface area contributed by atoms with Crippen LogP contribution >= 0.6 is 0 Å². The lowest BCUT2D eigenvalue weighted by molar-refractivity contribution is 0.0437. The second-order valence-corrected chi connectivity index (χ2v) is 4.78. The molecule has 0 amide bonds. The molecule has 0 bridgehead atoms. The molecule has 0 radical (unpaired) electrons. The molecule has 0 aromatic heterocycles. The van der Waals surface area contributed by atoms with Crippen molar-refractivity contribution in [2.24, 2.45) is 17.1 Å². The smallest absolute Gasteiger partial charge is 0.0469 e. The summed E-state index contributed by atoms with van der Waals surface area (Å²) in [5.74, 6) is 0.778. The number of hydrogen-bond acceptors (Lipinski definition) is 3. The highest BCUT2D eigenvalue weighted by molar-refractivity contribution is 5.05. The summed E-state index contributed by atoms with van der Waals surface area (Å²) in [5, 5.41) is 3.49. The molecule has 82 valence electrons. The number of nitrogens with one attached hydrogen (secondary N) is 1. The third kappa shape index (κ3) is 1.81. The van der Waals surface area contributed by atoms with Crippen LogP contribution in [0.4, 0.5) is 0 Å². The van der Waals surface area contributed by atoms with Crippen LogP contribution in [0.1, 0.15) is 25.7 Å². The number of rotatable bonds is 4. The van der Waals surface area contributed by atoms with Crippen LogP contribution in [0, 0.1) is 11.3 Å². The van der Waals surface area contributed by atoms with Crippen molar-refractivity contribution >= 4 is 0 Å². The SMILES string of the molecule is CNC(C1CCOCC1)C1(CN)CC1. The molecular formula is C11H22N2O. The van der Waals surface area contributed by atoms with E-state index in [0.29, 0.717) is 11.5 Å². The predicted octanol–water partition coefficient (Wildman–Crippen LogP) is 0.740. The summed E-state index contributed by atoms with van der Waals surface area (Å²) < 4.78 is 5.40. The Morgan fingerprint density at radius 3 is 2.50 bits per heavy atom. The number of hydrogen-bond donors (Lipinski definition) is 2. The van der Waals surface area contributed by atoms with Crippen LogP contribution in [0.15, 0.2) is 0 Å². The lowest BCUT2D eigenvalue weighted by atomic mass is 9.81. The van der Waals surface area contributed by atoms with Gasteiger partial charge in [-0.25, -0.2) is 0 Å². The minimum Gasteiger partial charge on any atom is -0.381 e. The third-order valence-corrected chi connectivity index (χ3v) is 4.01. The Bertz CT molecular complexity index is 186. The maximum absolute atomic E-state index is 5.88. The lowest BCUT2D eigenvalue weighted by Crippen LogP contribution is -2.46. The van der Waals surface area contributed by atoms with Crippen LogP contribution in [-0.4, -0.2) is 32.8 Å². The Balaban J connectivity index is 1.97. The van der Waals surface area contributed by atoms with Gasteiger partial charge in [-0.3, -0.25) is 0 Å². The average Bonchev–Trinajstić information content (AvgIpc) is 3.02. The second-order valence-electron chi connectivity index (χ2n) is 4.78. The Morgan fingerprint density at radius 1 is 1.43 bits per heavy atom. The van der Waals surface area contributed by atoms with Gasteiger partial charge in [-0.1, -0.05) is 0 Å². The van der Waals surface area contributed by atoms with Crippen LogP contribution in [0.2, 0.25) is 0 Å². The van der Waals surface area contributed by atoms with Gasteiger partial charge < -0.3 is 15.8 Å². The lowest BCUT2D eigenvalue weighted by Gasteiger charge is -2.35. The summed E-state index contributed by atoms with van der Waals surface area (Å²) in [5.41, 5.74) is 6.31. The van der Waals surface area contributed by atoms with Gasteiger partial charge in [0.05, 0.1) is 0 Å². The zero-order valence-corrected chi connectivity index (χ0v) is 9.09. The first-order chi connectivity index (χ1) is 6.82. The average molecular weight is 198 g/mol. The van der Waals surface area contributed by atoms with Crippen LogP contribution < -0.4 is 11.1 Å². The molecule has 3 N–H and O–H groups in total. The summed E-state index contributed by atoms with van der Waals surface area (Å²) in [6, 6.07) is 0.622. The Labute approximate surface area is 86.4 Å². The molecule has 3 nitrogen and oxygen atoms in total. The molecule has 2 aliphatic rings. The standard InChI is InChI=1S/C11H22N2O/c1-13-10(11(8-12)4-5-11)9-2-6-14-7-3-9/h9-10,13H,2-8,12H2,1H3. The van der Waals surface area contributed by atoms with E-state index in [4.69, 9.17) is 10.5 Å². The van der Waals surface area contributed by atoms with E-state index < -0.39 is 0 Å². The zero-order chi connectivity index (χ0) is 10.0. The Morgan fingerprint density at radius 2 is 2.07 bits per heavy atom.